The normalized spacial score (nSPS) is 17.2. The monoisotopic (exact) mass is 470 g/mol. The Bertz CT molecular complexity index is 1100. The molecule has 1 aromatic carbocycles. The van der Waals surface area contributed by atoms with Gasteiger partial charge in [-0.25, -0.2) is 0 Å². The topological polar surface area (TPSA) is 35.2 Å². The van der Waals surface area contributed by atoms with Crippen LogP contribution < -0.4 is 0 Å². The van der Waals surface area contributed by atoms with E-state index in [0.29, 0.717) is 0 Å². The summed E-state index contributed by atoms with van der Waals surface area (Å²) in [5.41, 5.74) is 7.66. The number of benzene rings is 1. The van der Waals surface area contributed by atoms with E-state index >= 15 is 0 Å². The van der Waals surface area contributed by atoms with Crippen LogP contribution in [0, 0.1) is 18.3 Å². The number of allylic oxidation sites excluding steroid dienone is 1. The molecule has 34 heavy (non-hydrogen) atoms. The molecule has 0 radical (unpaired) electrons. The molecular formula is C27H33F3N4. The van der Waals surface area contributed by atoms with E-state index in [1.807, 2.05) is 32.3 Å². The van der Waals surface area contributed by atoms with Gasteiger partial charge < -0.3 is 9.47 Å². The molecule has 0 bridgehead atoms. The average molecular weight is 471 g/mol. The summed E-state index contributed by atoms with van der Waals surface area (Å²) in [4.78, 5) is 4.51. The molecule has 1 fully saturated rings. The number of halogens is 3. The standard InChI is InChI=1S/C27H33F3N4/c1-19-22(5-4-21-14-20(16-31)15-26(19)21)17-33-12-9-24(10-13-33)34-23(8-11-27(28,29)30)6-7-25(34)18-32(2)3/h4-7,15,24H,8-14,17-18H2,1-3H3. The van der Waals surface area contributed by atoms with E-state index in [4.69, 9.17) is 0 Å². The van der Waals surface area contributed by atoms with Crippen molar-refractivity contribution in [3.8, 4) is 6.07 Å². The molecule has 1 aromatic heterocycles. The van der Waals surface area contributed by atoms with Crippen molar-refractivity contribution in [2.75, 3.05) is 27.2 Å². The Labute approximate surface area is 200 Å². The minimum absolute atomic E-state index is 0.0314. The zero-order chi connectivity index (χ0) is 24.5. The molecule has 2 aliphatic rings. The highest BCUT2D eigenvalue weighted by Gasteiger charge is 2.29. The van der Waals surface area contributed by atoms with Gasteiger partial charge in [0, 0.05) is 62.0 Å². The van der Waals surface area contributed by atoms with Gasteiger partial charge in [-0.2, -0.15) is 18.4 Å². The van der Waals surface area contributed by atoms with Crippen LogP contribution in [0.1, 0.15) is 58.9 Å². The Morgan fingerprint density at radius 1 is 1.09 bits per heavy atom. The summed E-state index contributed by atoms with van der Waals surface area (Å²) in [5.74, 6) is 0. The summed E-state index contributed by atoms with van der Waals surface area (Å²) < 4.78 is 40.9. The van der Waals surface area contributed by atoms with Crippen molar-refractivity contribution >= 4 is 6.08 Å². The molecule has 1 saturated heterocycles. The van der Waals surface area contributed by atoms with E-state index in [9.17, 15) is 18.4 Å². The smallest absolute Gasteiger partial charge is 0.344 e. The van der Waals surface area contributed by atoms with Gasteiger partial charge in [0.1, 0.15) is 0 Å². The fraction of sp³-hybridized carbons (Fsp3) is 0.519. The Kier molecular flexibility index (Phi) is 7.20. The van der Waals surface area contributed by atoms with Gasteiger partial charge in [-0.1, -0.05) is 12.1 Å². The van der Waals surface area contributed by atoms with Crippen LogP contribution in [0.2, 0.25) is 0 Å². The number of nitriles is 1. The van der Waals surface area contributed by atoms with Gasteiger partial charge in [0.15, 0.2) is 0 Å². The summed E-state index contributed by atoms with van der Waals surface area (Å²) in [7, 11) is 3.98. The predicted molar refractivity (Wildman–Crippen MR) is 128 cm³/mol. The van der Waals surface area contributed by atoms with Gasteiger partial charge in [0.25, 0.3) is 0 Å². The van der Waals surface area contributed by atoms with Crippen molar-refractivity contribution in [1.82, 2.24) is 14.4 Å². The first-order chi connectivity index (χ1) is 16.1. The number of alkyl halides is 3. The first-order valence-corrected chi connectivity index (χ1v) is 12.0. The number of rotatable bonds is 7. The number of fused-ring (bicyclic) bond motifs is 1. The van der Waals surface area contributed by atoms with Crippen molar-refractivity contribution in [2.45, 2.75) is 64.3 Å². The van der Waals surface area contributed by atoms with Gasteiger partial charge in [-0.05, 0) is 80.7 Å². The molecule has 182 valence electrons. The van der Waals surface area contributed by atoms with Crippen LogP contribution in [0.25, 0.3) is 6.08 Å². The molecule has 2 aromatic rings. The van der Waals surface area contributed by atoms with E-state index in [1.165, 1.54) is 22.3 Å². The Morgan fingerprint density at radius 2 is 1.79 bits per heavy atom. The summed E-state index contributed by atoms with van der Waals surface area (Å²) in [6, 6.07) is 10.7. The van der Waals surface area contributed by atoms with Crippen LogP contribution in [-0.4, -0.2) is 47.7 Å². The van der Waals surface area contributed by atoms with Crippen molar-refractivity contribution in [2.24, 2.45) is 0 Å². The van der Waals surface area contributed by atoms with E-state index < -0.39 is 12.6 Å². The number of hydrogen-bond donors (Lipinski definition) is 0. The van der Waals surface area contributed by atoms with Crippen molar-refractivity contribution < 1.29 is 13.2 Å². The maximum Gasteiger partial charge on any atom is 0.389 e. The molecule has 1 aliphatic carbocycles. The van der Waals surface area contributed by atoms with Gasteiger partial charge in [-0.15, -0.1) is 0 Å². The van der Waals surface area contributed by atoms with E-state index in [-0.39, 0.29) is 12.5 Å². The summed E-state index contributed by atoms with van der Waals surface area (Å²) in [5, 5.41) is 9.24. The zero-order valence-electron chi connectivity index (χ0n) is 20.3. The second-order valence-corrected chi connectivity index (χ2v) is 9.93. The average Bonchev–Trinajstić information content (AvgIpc) is 3.38. The van der Waals surface area contributed by atoms with Gasteiger partial charge in [0.05, 0.1) is 6.07 Å². The van der Waals surface area contributed by atoms with Crippen molar-refractivity contribution in [3.63, 3.8) is 0 Å². The molecule has 4 nitrogen and oxygen atoms in total. The Balaban J connectivity index is 1.45. The molecule has 0 N–H and O–H groups in total. The number of piperidine rings is 1. The maximum atomic E-state index is 12.9. The largest absolute Gasteiger partial charge is 0.389 e. The maximum absolute atomic E-state index is 12.9. The quantitative estimate of drug-likeness (QED) is 0.524. The molecule has 0 saturated carbocycles. The molecule has 4 rings (SSSR count). The minimum Gasteiger partial charge on any atom is -0.344 e. The molecule has 2 heterocycles. The summed E-state index contributed by atoms with van der Waals surface area (Å²) in [6.45, 7) is 5.55. The van der Waals surface area contributed by atoms with Crippen LogP contribution in [0.3, 0.4) is 0 Å². The molecular weight excluding hydrogens is 437 g/mol. The molecule has 1 aliphatic heterocycles. The number of hydrogen-bond acceptors (Lipinski definition) is 3. The van der Waals surface area contributed by atoms with Crippen LogP contribution in [0.5, 0.6) is 0 Å². The third-order valence-electron chi connectivity index (χ3n) is 7.11. The van der Waals surface area contributed by atoms with Gasteiger partial charge >= 0.3 is 6.18 Å². The lowest BCUT2D eigenvalue weighted by atomic mass is 9.97. The number of aromatic nitrogens is 1. The van der Waals surface area contributed by atoms with Crippen LogP contribution in [0.4, 0.5) is 13.2 Å². The van der Waals surface area contributed by atoms with E-state index in [1.54, 1.807) is 0 Å². The van der Waals surface area contributed by atoms with E-state index in [2.05, 4.69) is 39.5 Å². The highest BCUT2D eigenvalue weighted by atomic mass is 19.4. The molecule has 0 amide bonds. The van der Waals surface area contributed by atoms with Crippen molar-refractivity contribution in [1.29, 1.82) is 5.26 Å². The van der Waals surface area contributed by atoms with Crippen LogP contribution in [-0.2, 0) is 25.9 Å². The third-order valence-corrected chi connectivity index (χ3v) is 7.11. The highest BCUT2D eigenvalue weighted by molar-refractivity contribution is 5.70. The fourth-order valence-corrected chi connectivity index (χ4v) is 5.37. The summed E-state index contributed by atoms with van der Waals surface area (Å²) >= 11 is 0. The lowest BCUT2D eigenvalue weighted by molar-refractivity contribution is -0.134. The predicted octanol–water partition coefficient (Wildman–Crippen LogP) is 5.65. The lowest BCUT2D eigenvalue weighted by Crippen LogP contribution is -2.35. The molecule has 0 spiro atoms. The molecule has 0 atom stereocenters. The second kappa shape index (κ2) is 9.97. The fourth-order valence-electron chi connectivity index (χ4n) is 5.37. The Morgan fingerprint density at radius 3 is 2.44 bits per heavy atom. The first-order valence-electron chi connectivity index (χ1n) is 12.0. The third kappa shape index (κ3) is 5.56. The zero-order valence-corrected chi connectivity index (χ0v) is 20.3. The number of aryl methyl sites for hydroxylation is 1. The lowest BCUT2D eigenvalue weighted by Gasteiger charge is -2.35. The van der Waals surface area contributed by atoms with Crippen molar-refractivity contribution in [3.05, 3.63) is 63.5 Å². The summed E-state index contributed by atoms with van der Waals surface area (Å²) in [6.07, 6.45) is -0.298. The van der Waals surface area contributed by atoms with Gasteiger partial charge in [0.2, 0.25) is 0 Å². The van der Waals surface area contributed by atoms with Crippen LogP contribution in [0.15, 0.2) is 29.8 Å². The second-order valence-electron chi connectivity index (χ2n) is 9.93. The minimum atomic E-state index is -4.14. The molecule has 0 unspecified atom stereocenters. The first kappa shape index (κ1) is 24.6. The van der Waals surface area contributed by atoms with Crippen LogP contribution >= 0.6 is 0 Å². The Hall–Kier alpha value is -2.56. The highest BCUT2D eigenvalue weighted by Crippen LogP contribution is 2.33. The SMILES string of the molecule is Cc1c(CN2CCC(n3c(CCC(F)(F)F)ccc3CN(C)C)CC2)ccc2c1C=C(C#N)C2. The number of nitrogens with zero attached hydrogens (tertiary/aromatic N) is 4. The van der Waals surface area contributed by atoms with Gasteiger partial charge in [-0.3, -0.25) is 4.90 Å². The molecule has 7 heteroatoms. The number of likely N-dealkylation sites (tertiary alicyclic amines) is 1. The van der Waals surface area contributed by atoms with E-state index in [0.717, 1.165) is 62.4 Å².